The van der Waals surface area contributed by atoms with Gasteiger partial charge in [-0.15, -0.1) is 0 Å². The van der Waals surface area contributed by atoms with E-state index in [1.807, 2.05) is 7.05 Å². The molecule has 11 nitrogen and oxygen atoms in total. The van der Waals surface area contributed by atoms with E-state index in [1.54, 1.807) is 14.2 Å². The minimum absolute atomic E-state index is 0. The van der Waals surface area contributed by atoms with Crippen LogP contribution in [0.5, 0.6) is 0 Å². The summed E-state index contributed by atoms with van der Waals surface area (Å²) >= 11 is 0. The van der Waals surface area contributed by atoms with Crippen LogP contribution in [0.1, 0.15) is 197 Å². The van der Waals surface area contributed by atoms with Crippen LogP contribution < -0.4 is 5.32 Å². The summed E-state index contributed by atoms with van der Waals surface area (Å²) in [5.41, 5.74) is 0. The van der Waals surface area contributed by atoms with Crippen LogP contribution in [0.4, 0.5) is 0 Å². The van der Waals surface area contributed by atoms with Crippen molar-refractivity contribution >= 4 is 22.6 Å². The second kappa shape index (κ2) is 56.8. The van der Waals surface area contributed by atoms with E-state index in [0.717, 1.165) is 88.6 Å². The number of carboxylic acids is 1. The van der Waals surface area contributed by atoms with Gasteiger partial charge < -0.3 is 58.7 Å². The minimum Gasteiger partial charge on any atom is -0.481 e. The second-order valence-electron chi connectivity index (χ2n) is 19.5. The smallest absolute Gasteiger partial charge is 0.481 e. The van der Waals surface area contributed by atoms with Crippen molar-refractivity contribution in [1.82, 2.24) is 14.7 Å². The fourth-order valence-corrected chi connectivity index (χ4v) is 13.8. The van der Waals surface area contributed by atoms with Crippen LogP contribution in [-0.2, 0) is 57.5 Å². The molecule has 0 aromatic carbocycles. The predicted molar refractivity (Wildman–Crippen MR) is 297 cm³/mol. The van der Waals surface area contributed by atoms with Gasteiger partial charge in [-0.05, 0) is 163 Å². The summed E-state index contributed by atoms with van der Waals surface area (Å²) in [4.78, 5) is 10.2. The van der Waals surface area contributed by atoms with Crippen molar-refractivity contribution < 1.29 is 62.6 Å². The minimum atomic E-state index is -0.654. The Hall–Kier alpha value is 0.0690. The summed E-state index contributed by atoms with van der Waals surface area (Å²) < 4.78 is 27.3. The van der Waals surface area contributed by atoms with Crippen molar-refractivity contribution in [3.63, 3.8) is 0 Å². The Bertz CT molecular complexity index is 1130. The Labute approximate surface area is 460 Å². The summed E-state index contributed by atoms with van der Waals surface area (Å²) in [6, 6.07) is 6.37. The Balaban J connectivity index is -0.000000146. The zero-order valence-corrected chi connectivity index (χ0v) is 52.0. The van der Waals surface area contributed by atoms with E-state index < -0.39 is 22.6 Å². The van der Waals surface area contributed by atoms with Crippen molar-refractivity contribution in [3.05, 3.63) is 29.7 Å². The number of hydrogen-bond acceptors (Lipinski definition) is 10. The first-order valence-electron chi connectivity index (χ1n) is 25.7. The monoisotopic (exact) mass is 1110 g/mol. The molecule has 2 N–H and O–H groups in total. The molecule has 2 atom stereocenters. The number of nitrogens with one attached hydrogen (secondary N) is 1. The fourth-order valence-electron chi connectivity index (χ4n) is 9.45. The normalized spacial score (nSPS) is 16.4. The van der Waals surface area contributed by atoms with Crippen LogP contribution in [0.2, 0.25) is 0 Å². The Kier molecular flexibility index (Phi) is 68.2. The first kappa shape index (κ1) is 84.0. The third-order valence-corrected chi connectivity index (χ3v) is 17.4. The molecule has 0 aromatic heterocycles. The molecule has 4 fully saturated rings. The molecule has 0 aliphatic heterocycles. The van der Waals surface area contributed by atoms with Gasteiger partial charge in [-0.25, -0.2) is 0 Å². The van der Waals surface area contributed by atoms with Gasteiger partial charge in [-0.1, -0.05) is 51.4 Å². The third kappa shape index (κ3) is 44.4. The van der Waals surface area contributed by atoms with Crippen LogP contribution >= 0.6 is 16.6 Å². The average molecular weight is 1110 g/mol. The molecule has 2 unspecified atom stereocenters. The molecule has 0 amide bonds. The van der Waals surface area contributed by atoms with Crippen LogP contribution in [0.15, 0.2) is 0 Å². The summed E-state index contributed by atoms with van der Waals surface area (Å²) in [7, 11) is 4.30. The number of methoxy groups -OCH3 is 2. The van der Waals surface area contributed by atoms with Gasteiger partial charge in [0.05, 0.1) is 25.4 Å². The van der Waals surface area contributed by atoms with Gasteiger partial charge >= 0.3 is 40.1 Å². The average Bonchev–Trinajstić information content (AvgIpc) is 4.10. The van der Waals surface area contributed by atoms with Gasteiger partial charge in [0.1, 0.15) is 16.6 Å². The summed E-state index contributed by atoms with van der Waals surface area (Å²) in [6.07, 6.45) is 28.2. The van der Waals surface area contributed by atoms with Crippen LogP contribution in [-0.4, -0.2) is 111 Å². The molecular weight excluding hydrogens is 1000 g/mol. The zero-order valence-electron chi connectivity index (χ0n) is 48.0. The first-order valence-corrected chi connectivity index (χ1v) is 28.5. The van der Waals surface area contributed by atoms with Gasteiger partial charge in [-0.2, -0.15) is 10.5 Å². The molecule has 15 heteroatoms. The van der Waals surface area contributed by atoms with E-state index >= 15 is 0 Å². The van der Waals surface area contributed by atoms with E-state index in [-0.39, 0.29) is 63.8 Å². The van der Waals surface area contributed by atoms with E-state index in [2.05, 4.69) is 82.2 Å². The number of nitriles is 2. The van der Waals surface area contributed by atoms with Gasteiger partial charge in [0.2, 0.25) is 0 Å². The molecule has 0 aromatic rings. The van der Waals surface area contributed by atoms with Gasteiger partial charge in [-0.3, -0.25) is 14.1 Å². The number of hydrogen-bond donors (Lipinski definition) is 2. The Morgan fingerprint density at radius 3 is 1.27 bits per heavy atom. The quantitative estimate of drug-likeness (QED) is 0.0370. The van der Waals surface area contributed by atoms with Crippen LogP contribution in [0.3, 0.4) is 0 Å². The topological polar surface area (TPSA) is 140 Å². The molecule has 4 rings (SSSR count). The van der Waals surface area contributed by atoms with Gasteiger partial charge in [0.25, 0.3) is 0 Å². The molecule has 4 aliphatic carbocycles. The molecule has 4 aliphatic rings. The van der Waals surface area contributed by atoms with Crippen molar-refractivity contribution in [2.45, 2.75) is 221 Å². The first-order chi connectivity index (χ1) is 30.7. The molecule has 0 bridgehead atoms. The maximum atomic E-state index is 10.2. The number of nitrogens with zero attached hydrogens (tertiary/aromatic N) is 4. The van der Waals surface area contributed by atoms with Gasteiger partial charge in [0, 0.05) is 83.2 Å². The van der Waals surface area contributed by atoms with Crippen molar-refractivity contribution in [2.24, 2.45) is 23.7 Å². The van der Waals surface area contributed by atoms with Crippen molar-refractivity contribution in [3.8, 4) is 12.1 Å². The second-order valence-corrected chi connectivity index (χ2v) is 23.2. The molecule has 70 heavy (non-hydrogen) atoms. The molecule has 0 spiro atoms. The van der Waals surface area contributed by atoms with E-state index in [4.69, 9.17) is 34.2 Å². The molecule has 4 saturated carbocycles. The van der Waals surface area contributed by atoms with Crippen LogP contribution in [0.25, 0.3) is 0 Å². The molecule has 0 radical (unpaired) electrons. The summed E-state index contributed by atoms with van der Waals surface area (Å²) in [5.74, 6) is 2.50. The Morgan fingerprint density at radius 2 is 0.929 bits per heavy atom. The van der Waals surface area contributed by atoms with Gasteiger partial charge in [0.15, 0.2) is 0 Å². The molecular formula is C55H113Fe2N5O6P2. The number of unbranched alkanes of at least 4 members (excludes halogenated alkanes) is 2. The standard InChI is InChI=1S/C15H31N2O2P.C15H29N2OP.C7H15N.C7H12O2.C7H14O.4CH3.2Fe/c1-14(2)17(15(3)4)20(13-9-10-16)19-12-8-6-7-11-18-5;1-13(2)17(14(3)4)19(11-7-10-16)18-12-15-8-5-6-9-15;1-8-6-7-4-2-3-5-7;8-7(9)5-6-3-1-2-4-6;1-8-6-7-4-2-3-5-7;;;;;;/h14-15H,6-9,11-13H2,1-5H3;13-15H,5-9,11-12H2,1-4H3;7-8H,2-6H2,1H3;6H,1-5H2,(H,8,9);7H,2-6H2,1H3;4*1H3;;/q;;;;;4*-1;2*+2. The Morgan fingerprint density at radius 1 is 0.571 bits per heavy atom. The zero-order chi connectivity index (χ0) is 48.0. The predicted octanol–water partition coefficient (Wildman–Crippen LogP) is 15.4. The SMILES string of the molecule is CC(C)N(C(C)C)P(CCC#N)OCC1CCCC1.CNCC1CCCC1.COCC1CCCC1.COCCCCCOP(CCC#N)N(C(C)C)C(C)C.O=C(O)CC1CCCC1.[CH3-].[CH3-].[CH3-].[CH3-].[Fe+2].[Fe+2]. The maximum absolute atomic E-state index is 10.2. The molecule has 0 heterocycles. The number of aliphatic carboxylic acids is 1. The largest absolute Gasteiger partial charge is 2.00 e. The molecule has 0 saturated heterocycles. The molecule has 420 valence electrons. The number of carbonyl (C=O) groups is 1. The fraction of sp³-hybridized carbons (Fsp3) is 0.873. The number of ether oxygens (including phenoxy) is 2. The van der Waals surface area contributed by atoms with E-state index in [9.17, 15) is 4.79 Å². The number of rotatable bonds is 26. The summed E-state index contributed by atoms with van der Waals surface area (Å²) in [6.45, 7) is 22.4. The van der Waals surface area contributed by atoms with Crippen LogP contribution in [0, 0.1) is 76.0 Å². The van der Waals surface area contributed by atoms with Crippen molar-refractivity contribution in [1.29, 1.82) is 10.5 Å². The van der Waals surface area contributed by atoms with Crippen molar-refractivity contribution in [2.75, 3.05) is 66.6 Å². The van der Waals surface area contributed by atoms with E-state index in [1.165, 1.54) is 96.4 Å². The third-order valence-electron chi connectivity index (χ3n) is 12.4. The number of carboxylic acid groups (broad SMARTS) is 1. The summed E-state index contributed by atoms with van der Waals surface area (Å²) in [5, 5.41) is 29.2. The maximum Gasteiger partial charge on any atom is 2.00 e. The van der Waals surface area contributed by atoms with E-state index in [0.29, 0.717) is 49.3 Å².